The summed E-state index contributed by atoms with van der Waals surface area (Å²) < 4.78 is 54.8. The van der Waals surface area contributed by atoms with Crippen molar-refractivity contribution in [1.82, 2.24) is 0 Å². The summed E-state index contributed by atoms with van der Waals surface area (Å²) in [6.07, 6.45) is -16.3. The maximum absolute atomic E-state index is 12.3. The highest BCUT2D eigenvalue weighted by Crippen LogP contribution is 2.35. The lowest BCUT2D eigenvalue weighted by molar-refractivity contribution is -0.357. The number of carbonyl (C=O) groups excluding carboxylic acids is 7. The van der Waals surface area contributed by atoms with Crippen molar-refractivity contribution in [1.29, 1.82) is 0 Å². The van der Waals surface area contributed by atoms with Crippen LogP contribution in [-0.2, 0) is 80.9 Å². The van der Waals surface area contributed by atoms with Crippen molar-refractivity contribution >= 4 is 41.8 Å². The second kappa shape index (κ2) is 17.2. The molecule has 2 aliphatic rings. The van der Waals surface area contributed by atoms with E-state index >= 15 is 0 Å². The van der Waals surface area contributed by atoms with Gasteiger partial charge in [-0.2, -0.15) is 0 Å². The Bertz CT molecular complexity index is 1140. The average molecular weight is 665 g/mol. The molecule has 0 saturated carbocycles. The second-order valence-electron chi connectivity index (χ2n) is 10.7. The Morgan fingerprint density at radius 1 is 0.543 bits per heavy atom. The minimum absolute atomic E-state index is 0.570. The highest BCUT2D eigenvalue weighted by molar-refractivity contribution is 5.71. The minimum Gasteiger partial charge on any atom is -0.463 e. The van der Waals surface area contributed by atoms with Crippen LogP contribution in [0.25, 0.3) is 0 Å². The number of aliphatic hydroxyl groups is 1. The third-order valence-corrected chi connectivity index (χ3v) is 6.31. The van der Waals surface area contributed by atoms with E-state index in [1.807, 2.05) is 0 Å². The third-order valence-electron chi connectivity index (χ3n) is 6.31. The zero-order chi connectivity index (χ0) is 34.9. The first kappa shape index (κ1) is 38.3. The molecule has 260 valence electrons. The zero-order valence-electron chi connectivity index (χ0n) is 26.7. The highest BCUT2D eigenvalue weighted by atomic mass is 16.8. The van der Waals surface area contributed by atoms with E-state index in [0.717, 1.165) is 41.5 Å². The van der Waals surface area contributed by atoms with E-state index < -0.39 is 122 Å². The summed E-state index contributed by atoms with van der Waals surface area (Å²) in [4.78, 5) is 84.6. The lowest BCUT2D eigenvalue weighted by Crippen LogP contribution is -2.67. The molecular weight excluding hydrogens is 624 g/mol. The summed E-state index contributed by atoms with van der Waals surface area (Å²) in [7, 11) is 0. The van der Waals surface area contributed by atoms with Crippen LogP contribution in [0.15, 0.2) is 0 Å². The molecule has 2 rings (SSSR count). The molecule has 10 atom stereocenters. The van der Waals surface area contributed by atoms with E-state index in [-0.39, 0.29) is 0 Å². The minimum atomic E-state index is -1.91. The number of carbonyl (C=O) groups is 7. The maximum atomic E-state index is 12.3. The van der Waals surface area contributed by atoms with Crippen LogP contribution in [0.3, 0.4) is 0 Å². The number of aliphatic hydroxyl groups excluding tert-OH is 1. The SMILES string of the molecule is CC(=O)OC[C@H]1O[C@H](O)[C@H](OC(C)=O)[C@@H](OC(C)=O)[C@@H]1O[C@@H]1O[C@H](COC(=O)C(C)C)[C@H](OC(C)=O)[C@H](OC(C)=O)[C@H]1OC(C)=O. The maximum Gasteiger partial charge on any atom is 0.308 e. The van der Waals surface area contributed by atoms with Crippen molar-refractivity contribution in [2.75, 3.05) is 13.2 Å². The Morgan fingerprint density at radius 2 is 0.957 bits per heavy atom. The van der Waals surface area contributed by atoms with E-state index in [1.165, 1.54) is 0 Å². The first-order chi connectivity index (χ1) is 21.4. The lowest BCUT2D eigenvalue weighted by atomic mass is 9.96. The van der Waals surface area contributed by atoms with Crippen LogP contribution in [0.2, 0.25) is 0 Å². The number of hydrogen-bond acceptors (Lipinski definition) is 18. The summed E-state index contributed by atoms with van der Waals surface area (Å²) >= 11 is 0. The molecule has 0 spiro atoms. The van der Waals surface area contributed by atoms with Crippen molar-refractivity contribution < 1.29 is 86.0 Å². The Balaban J connectivity index is 2.68. The second-order valence-corrected chi connectivity index (χ2v) is 10.7. The van der Waals surface area contributed by atoms with Gasteiger partial charge in [-0.05, 0) is 0 Å². The molecule has 46 heavy (non-hydrogen) atoms. The number of ether oxygens (including phenoxy) is 10. The predicted octanol–water partition coefficient (Wildman–Crippen LogP) is -0.765. The van der Waals surface area contributed by atoms with Gasteiger partial charge in [-0.25, -0.2) is 0 Å². The van der Waals surface area contributed by atoms with Crippen molar-refractivity contribution in [2.24, 2.45) is 5.92 Å². The number of rotatable bonds is 12. The van der Waals surface area contributed by atoms with E-state index in [0.29, 0.717) is 0 Å². The highest BCUT2D eigenvalue weighted by Gasteiger charge is 2.57. The third kappa shape index (κ3) is 11.2. The van der Waals surface area contributed by atoms with Gasteiger partial charge in [-0.1, -0.05) is 13.8 Å². The predicted molar refractivity (Wildman–Crippen MR) is 145 cm³/mol. The summed E-state index contributed by atoms with van der Waals surface area (Å²) in [6, 6.07) is 0. The fourth-order valence-corrected chi connectivity index (χ4v) is 4.62. The Hall–Kier alpha value is -3.87. The molecule has 2 heterocycles. The first-order valence-electron chi connectivity index (χ1n) is 14.2. The van der Waals surface area contributed by atoms with Gasteiger partial charge in [-0.3, -0.25) is 33.6 Å². The zero-order valence-corrected chi connectivity index (χ0v) is 26.7. The molecule has 2 aliphatic heterocycles. The van der Waals surface area contributed by atoms with Gasteiger partial charge in [0.15, 0.2) is 43.1 Å². The average Bonchev–Trinajstić information content (AvgIpc) is 2.91. The fourth-order valence-electron chi connectivity index (χ4n) is 4.62. The molecule has 0 aliphatic carbocycles. The Kier molecular flexibility index (Phi) is 14.3. The molecule has 0 amide bonds. The van der Waals surface area contributed by atoms with Crippen LogP contribution in [0.5, 0.6) is 0 Å². The molecular formula is C28H40O18. The van der Waals surface area contributed by atoms with Gasteiger partial charge in [-0.15, -0.1) is 0 Å². The molecule has 0 aromatic carbocycles. The summed E-state index contributed by atoms with van der Waals surface area (Å²) in [6.45, 7) is 8.18. The first-order valence-corrected chi connectivity index (χ1v) is 14.2. The van der Waals surface area contributed by atoms with Gasteiger partial charge >= 0.3 is 41.8 Å². The van der Waals surface area contributed by atoms with Crippen LogP contribution in [-0.4, -0.2) is 122 Å². The van der Waals surface area contributed by atoms with Crippen molar-refractivity contribution in [2.45, 2.75) is 117 Å². The molecule has 18 heteroatoms. The van der Waals surface area contributed by atoms with E-state index in [2.05, 4.69) is 0 Å². The molecule has 2 saturated heterocycles. The number of hydrogen-bond donors (Lipinski definition) is 1. The van der Waals surface area contributed by atoms with Gasteiger partial charge in [0, 0.05) is 41.5 Å². The van der Waals surface area contributed by atoms with Crippen molar-refractivity contribution in [3.8, 4) is 0 Å². The fraction of sp³-hybridized carbons (Fsp3) is 0.750. The standard InChI is InChI=1S/C28H40O18/c1-11(2)26(35)38-10-19-20(39-13(4)30)23(41-15(6)32)25(43-17(8)34)28(45-19)46-21-18(9-37-12(3)29)44-27(36)24(42-16(7)33)22(21)40-14(5)31/h11,18-25,27-28,36H,9-10H2,1-8H3/t18-,19-,20+,21-,22+,23+,24-,25-,27+,28+/m1/s1. The van der Waals surface area contributed by atoms with Crippen molar-refractivity contribution in [3.63, 3.8) is 0 Å². The lowest BCUT2D eigenvalue weighted by Gasteiger charge is -2.48. The van der Waals surface area contributed by atoms with Gasteiger partial charge < -0.3 is 52.5 Å². The monoisotopic (exact) mass is 664 g/mol. The van der Waals surface area contributed by atoms with Crippen LogP contribution in [0.1, 0.15) is 55.4 Å². The largest absolute Gasteiger partial charge is 0.463 e. The van der Waals surface area contributed by atoms with Crippen LogP contribution >= 0.6 is 0 Å². The van der Waals surface area contributed by atoms with Gasteiger partial charge in [0.2, 0.25) is 0 Å². The van der Waals surface area contributed by atoms with Crippen LogP contribution < -0.4 is 0 Å². The van der Waals surface area contributed by atoms with Gasteiger partial charge in [0.25, 0.3) is 0 Å². The summed E-state index contributed by atoms with van der Waals surface area (Å²) in [5.74, 6) is -6.50. The molecule has 0 bridgehead atoms. The molecule has 2 fully saturated rings. The molecule has 0 aromatic rings. The Morgan fingerprint density at radius 3 is 1.43 bits per heavy atom. The topological polar surface area (TPSA) is 232 Å². The van der Waals surface area contributed by atoms with Gasteiger partial charge in [0.1, 0.15) is 31.5 Å². The quantitative estimate of drug-likeness (QED) is 0.199. The molecule has 0 radical (unpaired) electrons. The smallest absolute Gasteiger partial charge is 0.308 e. The van der Waals surface area contributed by atoms with Gasteiger partial charge in [0.05, 0.1) is 5.92 Å². The normalized spacial score (nSPS) is 30.7. The van der Waals surface area contributed by atoms with Crippen LogP contribution in [0, 0.1) is 5.92 Å². The molecule has 0 aromatic heterocycles. The van der Waals surface area contributed by atoms with E-state index in [1.54, 1.807) is 13.8 Å². The molecule has 0 unspecified atom stereocenters. The van der Waals surface area contributed by atoms with E-state index in [9.17, 15) is 38.7 Å². The number of esters is 7. The molecule has 18 nitrogen and oxygen atoms in total. The molecule has 1 N–H and O–H groups in total. The summed E-state index contributed by atoms with van der Waals surface area (Å²) in [5, 5.41) is 10.7. The van der Waals surface area contributed by atoms with Crippen molar-refractivity contribution in [3.05, 3.63) is 0 Å². The summed E-state index contributed by atoms with van der Waals surface area (Å²) in [5.41, 5.74) is 0. The van der Waals surface area contributed by atoms with E-state index in [4.69, 9.17) is 47.4 Å². The Labute approximate surface area is 264 Å². The van der Waals surface area contributed by atoms with Crippen LogP contribution in [0.4, 0.5) is 0 Å².